The predicted molar refractivity (Wildman–Crippen MR) is 126 cm³/mol. The molecule has 30 heavy (non-hydrogen) atoms. The van der Waals surface area contributed by atoms with Crippen molar-refractivity contribution < 1.29 is 18.6 Å². The van der Waals surface area contributed by atoms with Crippen molar-refractivity contribution in [2.45, 2.75) is 83.1 Å². The van der Waals surface area contributed by atoms with Crippen molar-refractivity contribution in [3.05, 3.63) is 21.2 Å². The fourth-order valence-corrected chi connectivity index (χ4v) is 5.92. The van der Waals surface area contributed by atoms with Gasteiger partial charge in [-0.05, 0) is 54.6 Å². The highest BCUT2D eigenvalue weighted by Gasteiger charge is 2.56. The fourth-order valence-electron chi connectivity index (χ4n) is 3.72. The Morgan fingerprint density at radius 3 is 2.57 bits per heavy atom. The highest BCUT2D eigenvalue weighted by molar-refractivity contribution is 14.1. The Labute approximate surface area is 197 Å². The van der Waals surface area contributed by atoms with E-state index in [-0.39, 0.29) is 29.6 Å². The van der Waals surface area contributed by atoms with E-state index in [9.17, 15) is 0 Å². The number of ether oxygens (including phenoxy) is 3. The van der Waals surface area contributed by atoms with E-state index in [0.717, 1.165) is 14.6 Å². The summed E-state index contributed by atoms with van der Waals surface area (Å²) in [5.74, 6) is -0.685. The second-order valence-electron chi connectivity index (χ2n) is 9.95. The molecule has 166 valence electrons. The third-order valence-electron chi connectivity index (χ3n) is 6.33. The van der Waals surface area contributed by atoms with Crippen LogP contribution >= 0.6 is 34.2 Å². The van der Waals surface area contributed by atoms with Gasteiger partial charge in [0.2, 0.25) is 0 Å². The van der Waals surface area contributed by atoms with Crippen LogP contribution in [0.5, 0.6) is 0 Å². The molecule has 0 aromatic carbocycles. The van der Waals surface area contributed by atoms with Crippen molar-refractivity contribution in [2.24, 2.45) is 0 Å². The van der Waals surface area contributed by atoms with Crippen molar-refractivity contribution >= 4 is 53.5 Å². The van der Waals surface area contributed by atoms with Gasteiger partial charge < -0.3 is 23.2 Å². The zero-order valence-corrected chi connectivity index (χ0v) is 22.3. The van der Waals surface area contributed by atoms with E-state index >= 15 is 0 Å². The van der Waals surface area contributed by atoms with Crippen LogP contribution in [0.3, 0.4) is 0 Å². The Morgan fingerprint density at radius 2 is 1.90 bits per heavy atom. The second-order valence-corrected chi connectivity index (χ2v) is 16.3. The minimum Gasteiger partial charge on any atom is -0.414 e. The third-order valence-corrected chi connectivity index (χ3v) is 11.9. The fraction of sp³-hybridized carbons (Fsp3) is 0.700. The van der Waals surface area contributed by atoms with Gasteiger partial charge in [0.25, 0.3) is 0 Å². The smallest absolute Gasteiger partial charge is 0.192 e. The van der Waals surface area contributed by atoms with Crippen LogP contribution in [0.25, 0.3) is 11.0 Å². The molecular formula is C20H29ClIN3O4Si. The summed E-state index contributed by atoms with van der Waals surface area (Å²) in [5, 5.41) is 1.37. The topological polar surface area (TPSA) is 67.6 Å². The normalized spacial score (nSPS) is 29.0. The van der Waals surface area contributed by atoms with Crippen molar-refractivity contribution in [2.75, 3.05) is 6.61 Å². The van der Waals surface area contributed by atoms with Gasteiger partial charge in [-0.25, -0.2) is 9.97 Å². The van der Waals surface area contributed by atoms with Gasteiger partial charge in [-0.1, -0.05) is 32.4 Å². The SMILES string of the molecule is CC1(C)O[C@@H]2[C@@H](CO[Si](C)(C)C(C)(C)C)OC(n3cc(I)c4c(Cl)ncnc43)[C@@H]2O1. The van der Waals surface area contributed by atoms with E-state index in [2.05, 4.69) is 66.4 Å². The number of hydrogen-bond acceptors (Lipinski definition) is 6. The zero-order chi connectivity index (χ0) is 22.1. The molecule has 4 rings (SSSR count). The van der Waals surface area contributed by atoms with E-state index in [4.69, 9.17) is 30.2 Å². The van der Waals surface area contributed by atoms with Gasteiger partial charge in [-0.15, -0.1) is 0 Å². The molecule has 1 unspecified atom stereocenters. The number of nitrogens with zero attached hydrogens (tertiary/aromatic N) is 3. The summed E-state index contributed by atoms with van der Waals surface area (Å²) in [6, 6.07) is 0. The summed E-state index contributed by atoms with van der Waals surface area (Å²) < 4.78 is 28.4. The number of halogens is 2. The van der Waals surface area contributed by atoms with E-state index in [1.807, 2.05) is 24.6 Å². The minimum atomic E-state index is -1.92. The summed E-state index contributed by atoms with van der Waals surface area (Å²) in [6.45, 7) is 15.5. The predicted octanol–water partition coefficient (Wildman–Crippen LogP) is 5.13. The molecule has 7 nitrogen and oxygen atoms in total. The van der Waals surface area contributed by atoms with Crippen LogP contribution in [-0.4, -0.2) is 53.6 Å². The molecule has 0 radical (unpaired) electrons. The van der Waals surface area contributed by atoms with Gasteiger partial charge in [0, 0.05) is 9.77 Å². The number of hydrogen-bond donors (Lipinski definition) is 0. The van der Waals surface area contributed by atoms with E-state index in [1.54, 1.807) is 0 Å². The van der Waals surface area contributed by atoms with Crippen LogP contribution in [0.4, 0.5) is 0 Å². The molecule has 4 heterocycles. The molecule has 0 bridgehead atoms. The molecule has 0 spiro atoms. The number of rotatable bonds is 4. The van der Waals surface area contributed by atoms with E-state index in [0.29, 0.717) is 11.8 Å². The molecule has 0 amide bonds. The molecule has 10 heteroatoms. The number of fused-ring (bicyclic) bond motifs is 2. The van der Waals surface area contributed by atoms with E-state index in [1.165, 1.54) is 6.33 Å². The summed E-state index contributed by atoms with van der Waals surface area (Å²) in [7, 11) is -1.92. The molecule has 2 aromatic rings. The maximum absolute atomic E-state index is 6.48. The van der Waals surface area contributed by atoms with Crippen molar-refractivity contribution in [1.29, 1.82) is 0 Å². The highest BCUT2D eigenvalue weighted by Crippen LogP contribution is 2.45. The molecule has 2 fully saturated rings. The standard InChI is InChI=1S/C20H29ClIN3O4Si/c1-19(2,3)30(6,7)26-9-12-14-15(29-20(4,5)28-14)18(27-12)25-8-11(22)13-16(21)23-10-24-17(13)25/h8,10,12,14-15,18H,9H2,1-7H3/t12-,14-,15-,18?/m1/s1. The quantitative estimate of drug-likeness (QED) is 0.291. The Bertz CT molecular complexity index is 961. The Balaban J connectivity index is 1.65. The summed E-state index contributed by atoms with van der Waals surface area (Å²) in [6.07, 6.45) is 2.34. The lowest BCUT2D eigenvalue weighted by Gasteiger charge is -2.37. The van der Waals surface area contributed by atoms with Crippen LogP contribution < -0.4 is 0 Å². The van der Waals surface area contributed by atoms with Gasteiger partial charge >= 0.3 is 0 Å². The molecule has 2 aliphatic heterocycles. The molecule has 0 saturated carbocycles. The van der Waals surface area contributed by atoms with Crippen LogP contribution in [0.1, 0.15) is 40.8 Å². The largest absolute Gasteiger partial charge is 0.414 e. The van der Waals surface area contributed by atoms with Crippen LogP contribution in [0, 0.1) is 3.57 Å². The lowest BCUT2D eigenvalue weighted by Crippen LogP contribution is -2.44. The number of aromatic nitrogens is 3. The molecule has 0 N–H and O–H groups in total. The lowest BCUT2D eigenvalue weighted by atomic mass is 10.1. The average molecular weight is 566 g/mol. The van der Waals surface area contributed by atoms with Crippen molar-refractivity contribution in [3.8, 4) is 0 Å². The highest BCUT2D eigenvalue weighted by atomic mass is 127. The van der Waals surface area contributed by atoms with Gasteiger partial charge in [0.05, 0.1) is 12.0 Å². The van der Waals surface area contributed by atoms with Crippen LogP contribution in [-0.2, 0) is 18.6 Å². The van der Waals surface area contributed by atoms with Gasteiger partial charge in [-0.2, -0.15) is 0 Å². The monoisotopic (exact) mass is 565 g/mol. The molecule has 4 atom stereocenters. The lowest BCUT2D eigenvalue weighted by molar-refractivity contribution is -0.199. The van der Waals surface area contributed by atoms with E-state index < -0.39 is 14.1 Å². The molecule has 0 aliphatic carbocycles. The van der Waals surface area contributed by atoms with Gasteiger partial charge in [-0.3, -0.25) is 0 Å². The maximum atomic E-state index is 6.48. The van der Waals surface area contributed by atoms with Gasteiger partial charge in [0.1, 0.15) is 35.4 Å². The maximum Gasteiger partial charge on any atom is 0.192 e. The first-order valence-electron chi connectivity index (χ1n) is 10.1. The van der Waals surface area contributed by atoms with Crippen LogP contribution in [0.2, 0.25) is 23.3 Å². The van der Waals surface area contributed by atoms with Crippen molar-refractivity contribution in [3.63, 3.8) is 0 Å². The summed E-state index contributed by atoms with van der Waals surface area (Å²) >= 11 is 8.58. The Hall–Kier alpha value is -0.303. The summed E-state index contributed by atoms with van der Waals surface area (Å²) in [4.78, 5) is 8.58. The van der Waals surface area contributed by atoms with Crippen LogP contribution in [0.15, 0.2) is 12.5 Å². The van der Waals surface area contributed by atoms with Gasteiger partial charge in [0.15, 0.2) is 20.3 Å². The molecular weight excluding hydrogens is 537 g/mol. The van der Waals surface area contributed by atoms with Crippen molar-refractivity contribution in [1.82, 2.24) is 14.5 Å². The molecule has 2 saturated heterocycles. The Kier molecular flexibility index (Phi) is 5.82. The minimum absolute atomic E-state index is 0.122. The average Bonchev–Trinajstić information content (AvgIpc) is 3.21. The molecule has 2 aromatic heterocycles. The molecule has 2 aliphatic rings. The first kappa shape index (κ1) is 22.9. The first-order valence-corrected chi connectivity index (χ1v) is 14.5. The second kappa shape index (κ2) is 7.63. The third kappa shape index (κ3) is 3.95. The first-order chi connectivity index (χ1) is 13.8. The Morgan fingerprint density at radius 1 is 1.23 bits per heavy atom. The zero-order valence-electron chi connectivity index (χ0n) is 18.4. The summed E-state index contributed by atoms with van der Waals surface area (Å²) in [5.41, 5.74) is 0.724.